The first-order valence-corrected chi connectivity index (χ1v) is 18.5. The summed E-state index contributed by atoms with van der Waals surface area (Å²) in [6.07, 6.45) is 4.31. The summed E-state index contributed by atoms with van der Waals surface area (Å²) < 4.78 is 7.51. The van der Waals surface area contributed by atoms with E-state index < -0.39 is 0 Å². The average Bonchev–Trinajstić information content (AvgIpc) is 3.86. The van der Waals surface area contributed by atoms with E-state index in [4.69, 9.17) is 0 Å². The Kier molecular flexibility index (Phi) is 6.03. The smallest absolute Gasteiger partial charge is 0.0468 e. The maximum absolute atomic E-state index is 2.41. The number of anilines is 3. The Labute approximate surface area is 296 Å². The molecule has 11 rings (SSSR count). The van der Waals surface area contributed by atoms with Gasteiger partial charge in [0.15, 0.2) is 0 Å². The molecule has 7 aromatic carbocycles. The van der Waals surface area contributed by atoms with Crippen LogP contribution in [0, 0.1) is 0 Å². The molecule has 0 aliphatic rings. The fourth-order valence-electron chi connectivity index (χ4n) is 7.65. The first-order chi connectivity index (χ1) is 24.7. The maximum atomic E-state index is 2.41. The highest BCUT2D eigenvalue weighted by molar-refractivity contribution is 7.26. The number of fused-ring (bicyclic) bond motifs is 9. The summed E-state index contributed by atoms with van der Waals surface area (Å²) in [4.78, 5) is 2.41. The van der Waals surface area contributed by atoms with Crippen LogP contribution in [0.3, 0.4) is 0 Å². The van der Waals surface area contributed by atoms with Gasteiger partial charge in [-0.2, -0.15) is 0 Å². The standard InChI is InChI=1S/C46H28N2S2/c1-3-10-43-39(8-1)41-24-32-21-37(18-14-30(32)26-45(41)49-43)48(35-16-12-29(13-17-35)34-23-36-7-5-6-20-47(36)28-34)38-19-15-31-27-46-42(25-33(31)22-38)40-9-2-4-11-44(40)50-46/h1-28H. The third kappa shape index (κ3) is 4.39. The molecule has 11 aromatic rings. The van der Waals surface area contributed by atoms with Crippen LogP contribution in [0.5, 0.6) is 0 Å². The Hall–Kier alpha value is -5.94. The Morgan fingerprint density at radius 2 is 0.940 bits per heavy atom. The molecule has 4 heterocycles. The summed E-state index contributed by atoms with van der Waals surface area (Å²) in [6.45, 7) is 0. The number of benzene rings is 7. The summed E-state index contributed by atoms with van der Waals surface area (Å²) >= 11 is 3.75. The van der Waals surface area contributed by atoms with Crippen molar-refractivity contribution in [2.75, 3.05) is 4.90 Å². The third-order valence-corrected chi connectivity index (χ3v) is 12.4. The van der Waals surface area contributed by atoms with E-state index in [9.17, 15) is 0 Å². The molecule has 234 valence electrons. The molecule has 0 aliphatic heterocycles. The minimum absolute atomic E-state index is 1.13. The van der Waals surface area contributed by atoms with Crippen LogP contribution in [0.4, 0.5) is 17.1 Å². The van der Waals surface area contributed by atoms with Gasteiger partial charge < -0.3 is 9.30 Å². The van der Waals surface area contributed by atoms with E-state index in [0.717, 1.165) is 17.1 Å². The highest BCUT2D eigenvalue weighted by Crippen LogP contribution is 2.42. The first-order valence-electron chi connectivity index (χ1n) is 16.9. The topological polar surface area (TPSA) is 7.65 Å². The minimum Gasteiger partial charge on any atom is -0.323 e. The zero-order chi connectivity index (χ0) is 32.8. The fourth-order valence-corrected chi connectivity index (χ4v) is 9.93. The van der Waals surface area contributed by atoms with Gasteiger partial charge in [-0.25, -0.2) is 0 Å². The lowest BCUT2D eigenvalue weighted by Gasteiger charge is -2.26. The molecule has 50 heavy (non-hydrogen) atoms. The van der Waals surface area contributed by atoms with Crippen LogP contribution < -0.4 is 4.90 Å². The summed E-state index contributed by atoms with van der Waals surface area (Å²) in [5.74, 6) is 0. The zero-order valence-electron chi connectivity index (χ0n) is 26.9. The van der Waals surface area contributed by atoms with Gasteiger partial charge in [-0.15, -0.1) is 22.7 Å². The predicted octanol–water partition coefficient (Wildman–Crippen LogP) is 14.1. The quantitative estimate of drug-likeness (QED) is 0.181. The highest BCUT2D eigenvalue weighted by atomic mass is 32.1. The van der Waals surface area contributed by atoms with Crippen molar-refractivity contribution < 1.29 is 0 Å². The van der Waals surface area contributed by atoms with Gasteiger partial charge in [0.1, 0.15) is 0 Å². The molecule has 2 nitrogen and oxygen atoms in total. The predicted molar refractivity (Wildman–Crippen MR) is 218 cm³/mol. The molecule has 0 spiro atoms. The van der Waals surface area contributed by atoms with Gasteiger partial charge in [-0.3, -0.25) is 0 Å². The van der Waals surface area contributed by atoms with Crippen molar-refractivity contribution in [3.63, 3.8) is 0 Å². The van der Waals surface area contributed by atoms with E-state index in [1.165, 1.54) is 78.5 Å². The van der Waals surface area contributed by atoms with E-state index in [0.29, 0.717) is 0 Å². The summed E-state index contributed by atoms with van der Waals surface area (Å²) in [5.41, 5.74) is 7.01. The Balaban J connectivity index is 1.09. The lowest BCUT2D eigenvalue weighted by Crippen LogP contribution is -2.09. The van der Waals surface area contributed by atoms with Gasteiger partial charge in [0.05, 0.1) is 0 Å². The Morgan fingerprint density at radius 1 is 0.380 bits per heavy atom. The molecule has 4 aromatic heterocycles. The van der Waals surface area contributed by atoms with E-state index in [-0.39, 0.29) is 0 Å². The summed E-state index contributed by atoms with van der Waals surface area (Å²) in [6, 6.07) is 58.4. The molecule has 0 saturated heterocycles. The van der Waals surface area contributed by atoms with E-state index >= 15 is 0 Å². The number of rotatable bonds is 4. The molecule has 0 fully saturated rings. The van der Waals surface area contributed by atoms with Crippen LogP contribution in [0.25, 0.3) is 78.5 Å². The fraction of sp³-hybridized carbons (Fsp3) is 0. The lowest BCUT2D eigenvalue weighted by atomic mass is 10.0. The molecular formula is C46H28N2S2. The van der Waals surface area contributed by atoms with Crippen LogP contribution in [-0.2, 0) is 0 Å². The van der Waals surface area contributed by atoms with Crippen LogP contribution in [0.2, 0.25) is 0 Å². The summed E-state index contributed by atoms with van der Waals surface area (Å²) in [5, 5.41) is 10.3. The molecule has 0 unspecified atom stereocenters. The van der Waals surface area contributed by atoms with Crippen LogP contribution in [-0.4, -0.2) is 4.40 Å². The van der Waals surface area contributed by atoms with Gasteiger partial charge in [0.2, 0.25) is 0 Å². The van der Waals surface area contributed by atoms with Gasteiger partial charge in [0, 0.05) is 80.9 Å². The molecular weight excluding hydrogens is 645 g/mol. The molecule has 0 bridgehead atoms. The van der Waals surface area contributed by atoms with Gasteiger partial charge in [0.25, 0.3) is 0 Å². The Bertz CT molecular complexity index is 2920. The second kappa shape index (κ2) is 10.8. The van der Waals surface area contributed by atoms with Crippen molar-refractivity contribution in [3.8, 4) is 11.1 Å². The second-order valence-corrected chi connectivity index (χ2v) is 15.3. The normalized spacial score (nSPS) is 12.0. The van der Waals surface area contributed by atoms with Crippen molar-refractivity contribution in [2.24, 2.45) is 0 Å². The van der Waals surface area contributed by atoms with Crippen molar-refractivity contribution in [1.82, 2.24) is 4.40 Å². The SMILES string of the molecule is c1ccc2c(c1)sc1cc3ccc(N(c4ccc(-c5cc6ccccn6c5)cc4)c4ccc5cc6sc7ccccc7c6cc5c4)cc3cc12. The molecule has 4 heteroatoms. The largest absolute Gasteiger partial charge is 0.323 e. The van der Waals surface area contributed by atoms with Crippen molar-refractivity contribution in [2.45, 2.75) is 0 Å². The second-order valence-electron chi connectivity index (χ2n) is 13.1. The molecule has 0 aliphatic carbocycles. The van der Waals surface area contributed by atoms with Crippen LogP contribution >= 0.6 is 22.7 Å². The monoisotopic (exact) mass is 672 g/mol. The van der Waals surface area contributed by atoms with Crippen molar-refractivity contribution in [3.05, 3.63) is 170 Å². The van der Waals surface area contributed by atoms with Crippen LogP contribution in [0.15, 0.2) is 170 Å². The Morgan fingerprint density at radius 3 is 1.54 bits per heavy atom. The van der Waals surface area contributed by atoms with E-state index in [1.807, 2.05) is 22.7 Å². The van der Waals surface area contributed by atoms with Crippen molar-refractivity contribution in [1.29, 1.82) is 0 Å². The summed E-state index contributed by atoms with van der Waals surface area (Å²) in [7, 11) is 0. The number of hydrogen-bond donors (Lipinski definition) is 0. The highest BCUT2D eigenvalue weighted by Gasteiger charge is 2.16. The van der Waals surface area contributed by atoms with E-state index in [2.05, 4.69) is 179 Å². The third-order valence-electron chi connectivity index (χ3n) is 10.1. The van der Waals surface area contributed by atoms with Gasteiger partial charge in [-0.1, -0.05) is 66.7 Å². The number of hydrogen-bond acceptors (Lipinski definition) is 3. The molecule has 0 radical (unpaired) electrons. The number of pyridine rings is 1. The van der Waals surface area contributed by atoms with Crippen molar-refractivity contribution >= 4 is 107 Å². The molecule has 0 saturated carbocycles. The molecule has 0 N–H and O–H groups in total. The molecule has 0 atom stereocenters. The van der Waals surface area contributed by atoms with Gasteiger partial charge >= 0.3 is 0 Å². The number of nitrogens with zero attached hydrogens (tertiary/aromatic N) is 2. The zero-order valence-corrected chi connectivity index (χ0v) is 28.5. The van der Waals surface area contributed by atoms with Gasteiger partial charge in [-0.05, 0) is 118 Å². The first kappa shape index (κ1) is 28.0. The average molecular weight is 673 g/mol. The van der Waals surface area contributed by atoms with E-state index in [1.54, 1.807) is 0 Å². The number of thiophene rings is 2. The van der Waals surface area contributed by atoms with Crippen LogP contribution in [0.1, 0.15) is 0 Å². The lowest BCUT2D eigenvalue weighted by molar-refractivity contribution is 1.20. The molecule has 0 amide bonds. The maximum Gasteiger partial charge on any atom is 0.0468 e. The number of aromatic nitrogens is 1. The minimum atomic E-state index is 1.13.